The lowest BCUT2D eigenvalue weighted by Crippen LogP contribution is -2.44. The van der Waals surface area contributed by atoms with Crippen LogP contribution in [0.4, 0.5) is 0 Å². The van der Waals surface area contributed by atoms with Crippen molar-refractivity contribution in [2.75, 3.05) is 13.2 Å². The second-order valence-electron chi connectivity index (χ2n) is 5.73. The molecular weight excluding hydrogens is 210 g/mol. The summed E-state index contributed by atoms with van der Waals surface area (Å²) in [6.45, 7) is 8.40. The first-order valence-corrected chi connectivity index (χ1v) is 7.53. The van der Waals surface area contributed by atoms with Crippen molar-refractivity contribution in [2.24, 2.45) is 17.6 Å². The molecule has 2 heteroatoms. The van der Waals surface area contributed by atoms with E-state index in [9.17, 15) is 0 Å². The van der Waals surface area contributed by atoms with Crippen molar-refractivity contribution >= 4 is 0 Å². The van der Waals surface area contributed by atoms with Crippen LogP contribution in [0.3, 0.4) is 0 Å². The highest BCUT2D eigenvalue weighted by atomic mass is 16.5. The Kier molecular flexibility index (Phi) is 6.50. The van der Waals surface area contributed by atoms with E-state index in [1.807, 2.05) is 0 Å². The maximum Gasteiger partial charge on any atom is 0.0804 e. The van der Waals surface area contributed by atoms with Crippen molar-refractivity contribution in [3.05, 3.63) is 0 Å². The summed E-state index contributed by atoms with van der Waals surface area (Å²) in [7, 11) is 0. The zero-order valence-electron chi connectivity index (χ0n) is 12.0. The molecule has 1 rings (SSSR count). The third kappa shape index (κ3) is 4.26. The first-order valence-electron chi connectivity index (χ1n) is 7.53. The van der Waals surface area contributed by atoms with Crippen LogP contribution in [-0.4, -0.2) is 18.8 Å². The molecule has 0 heterocycles. The molecule has 0 atom stereocenters. The van der Waals surface area contributed by atoms with Crippen molar-refractivity contribution in [1.29, 1.82) is 0 Å². The van der Waals surface area contributed by atoms with Crippen LogP contribution in [-0.2, 0) is 4.74 Å². The van der Waals surface area contributed by atoms with E-state index in [1.165, 1.54) is 44.9 Å². The Balaban J connectivity index is 2.42. The van der Waals surface area contributed by atoms with Crippen molar-refractivity contribution in [3.63, 3.8) is 0 Å². The van der Waals surface area contributed by atoms with E-state index >= 15 is 0 Å². The zero-order valence-corrected chi connectivity index (χ0v) is 12.0. The quantitative estimate of drug-likeness (QED) is 0.737. The fraction of sp³-hybridized carbons (Fsp3) is 1.00. The van der Waals surface area contributed by atoms with Gasteiger partial charge in [-0.05, 0) is 37.5 Å². The molecule has 1 saturated carbocycles. The van der Waals surface area contributed by atoms with E-state index in [2.05, 4.69) is 20.8 Å². The number of nitrogens with two attached hydrogens (primary N) is 1. The Morgan fingerprint density at radius 3 is 2.18 bits per heavy atom. The lowest BCUT2D eigenvalue weighted by Gasteiger charge is -2.40. The van der Waals surface area contributed by atoms with Crippen LogP contribution in [0, 0.1) is 11.8 Å². The number of hydrogen-bond acceptors (Lipinski definition) is 2. The average Bonchev–Trinajstić information content (AvgIpc) is 2.40. The number of rotatable bonds is 7. The van der Waals surface area contributed by atoms with Gasteiger partial charge in [-0.1, -0.05) is 40.0 Å². The largest absolute Gasteiger partial charge is 0.373 e. The van der Waals surface area contributed by atoms with E-state index in [4.69, 9.17) is 10.5 Å². The summed E-state index contributed by atoms with van der Waals surface area (Å²) in [6.07, 6.45) is 8.69. The second-order valence-corrected chi connectivity index (χ2v) is 5.73. The zero-order chi connectivity index (χ0) is 12.7. The molecule has 0 bridgehead atoms. The fourth-order valence-electron chi connectivity index (χ4n) is 2.84. The van der Waals surface area contributed by atoms with Gasteiger partial charge in [-0.15, -0.1) is 0 Å². The van der Waals surface area contributed by atoms with Crippen LogP contribution in [0.1, 0.15) is 65.7 Å². The van der Waals surface area contributed by atoms with Crippen molar-refractivity contribution < 1.29 is 4.74 Å². The van der Waals surface area contributed by atoms with Crippen LogP contribution < -0.4 is 5.73 Å². The van der Waals surface area contributed by atoms with Gasteiger partial charge < -0.3 is 10.5 Å². The number of hydrogen-bond donors (Lipinski definition) is 1. The first kappa shape index (κ1) is 15.0. The summed E-state index contributed by atoms with van der Waals surface area (Å²) in [5.41, 5.74) is 5.98. The van der Waals surface area contributed by atoms with Crippen molar-refractivity contribution in [1.82, 2.24) is 0 Å². The highest BCUT2D eigenvalue weighted by Gasteiger charge is 2.34. The SMILES string of the molecule is CCC1CCC(CN)(OCC(CC)CC)CC1. The van der Waals surface area contributed by atoms with E-state index in [1.54, 1.807) is 0 Å². The predicted molar refractivity (Wildman–Crippen MR) is 74.1 cm³/mol. The molecule has 0 aromatic carbocycles. The Labute approximate surface area is 107 Å². The van der Waals surface area contributed by atoms with E-state index in [-0.39, 0.29) is 5.60 Å². The summed E-state index contributed by atoms with van der Waals surface area (Å²) < 4.78 is 6.23. The van der Waals surface area contributed by atoms with E-state index < -0.39 is 0 Å². The van der Waals surface area contributed by atoms with Gasteiger partial charge in [-0.2, -0.15) is 0 Å². The Hall–Kier alpha value is -0.0800. The molecule has 0 aromatic heterocycles. The van der Waals surface area contributed by atoms with Crippen molar-refractivity contribution in [2.45, 2.75) is 71.3 Å². The van der Waals surface area contributed by atoms with Gasteiger partial charge in [0.15, 0.2) is 0 Å². The molecular formula is C15H31NO. The van der Waals surface area contributed by atoms with Crippen LogP contribution in [0.2, 0.25) is 0 Å². The van der Waals surface area contributed by atoms with Crippen LogP contribution in [0.25, 0.3) is 0 Å². The second kappa shape index (κ2) is 7.38. The maximum absolute atomic E-state index is 6.23. The van der Waals surface area contributed by atoms with Crippen LogP contribution in [0.15, 0.2) is 0 Å². The summed E-state index contributed by atoms with van der Waals surface area (Å²) in [5.74, 6) is 1.62. The Bertz CT molecular complexity index is 193. The van der Waals surface area contributed by atoms with Gasteiger partial charge in [0.05, 0.1) is 12.2 Å². The third-order valence-electron chi connectivity index (χ3n) is 4.75. The highest BCUT2D eigenvalue weighted by molar-refractivity contribution is 4.88. The fourth-order valence-corrected chi connectivity index (χ4v) is 2.84. The average molecular weight is 241 g/mol. The Morgan fingerprint density at radius 1 is 1.18 bits per heavy atom. The normalized spacial score (nSPS) is 29.8. The van der Waals surface area contributed by atoms with Crippen LogP contribution in [0.5, 0.6) is 0 Å². The molecule has 1 aliphatic carbocycles. The van der Waals surface area contributed by atoms with Gasteiger partial charge in [-0.25, -0.2) is 0 Å². The summed E-state index contributed by atoms with van der Waals surface area (Å²) >= 11 is 0. The molecule has 0 radical (unpaired) electrons. The van der Waals surface area contributed by atoms with Crippen LogP contribution >= 0.6 is 0 Å². The molecule has 0 amide bonds. The first-order chi connectivity index (χ1) is 8.19. The maximum atomic E-state index is 6.23. The monoisotopic (exact) mass is 241 g/mol. The van der Waals surface area contributed by atoms with Gasteiger partial charge in [0.2, 0.25) is 0 Å². The highest BCUT2D eigenvalue weighted by Crippen LogP contribution is 2.36. The minimum absolute atomic E-state index is 0.00819. The van der Waals surface area contributed by atoms with Crippen molar-refractivity contribution in [3.8, 4) is 0 Å². The van der Waals surface area contributed by atoms with Gasteiger partial charge in [0, 0.05) is 6.54 Å². The smallest absolute Gasteiger partial charge is 0.0804 e. The van der Waals surface area contributed by atoms with Gasteiger partial charge >= 0.3 is 0 Å². The standard InChI is InChI=1S/C15H31NO/c1-4-13(5-2)11-17-15(12-16)9-7-14(6-3)8-10-15/h13-14H,4-12,16H2,1-3H3. The molecule has 17 heavy (non-hydrogen) atoms. The van der Waals surface area contributed by atoms with Gasteiger partial charge in [0.1, 0.15) is 0 Å². The molecule has 1 aliphatic rings. The van der Waals surface area contributed by atoms with Gasteiger partial charge in [-0.3, -0.25) is 0 Å². The third-order valence-corrected chi connectivity index (χ3v) is 4.75. The minimum Gasteiger partial charge on any atom is -0.373 e. The summed E-state index contributed by atoms with van der Waals surface area (Å²) in [4.78, 5) is 0. The predicted octanol–water partition coefficient (Wildman–Crippen LogP) is 3.74. The molecule has 2 nitrogen and oxygen atoms in total. The lowest BCUT2D eigenvalue weighted by molar-refractivity contribution is -0.0848. The van der Waals surface area contributed by atoms with Gasteiger partial charge in [0.25, 0.3) is 0 Å². The molecule has 0 aromatic rings. The summed E-state index contributed by atoms with van der Waals surface area (Å²) in [5, 5.41) is 0. The molecule has 0 saturated heterocycles. The molecule has 102 valence electrons. The molecule has 0 unspecified atom stereocenters. The number of ether oxygens (including phenoxy) is 1. The summed E-state index contributed by atoms with van der Waals surface area (Å²) in [6, 6.07) is 0. The minimum atomic E-state index is 0.00819. The lowest BCUT2D eigenvalue weighted by atomic mass is 9.77. The van der Waals surface area contributed by atoms with E-state index in [0.29, 0.717) is 12.5 Å². The topological polar surface area (TPSA) is 35.2 Å². The molecule has 2 N–H and O–H groups in total. The molecule has 0 spiro atoms. The Morgan fingerprint density at radius 2 is 1.76 bits per heavy atom. The molecule has 0 aliphatic heterocycles. The molecule has 1 fully saturated rings. The van der Waals surface area contributed by atoms with E-state index in [0.717, 1.165) is 12.5 Å².